The highest BCUT2D eigenvalue weighted by Gasteiger charge is 2.08. The number of hydrogen-bond donors (Lipinski definition) is 3. The van der Waals surface area contributed by atoms with Crippen molar-refractivity contribution in [3.8, 4) is 0 Å². The van der Waals surface area contributed by atoms with Crippen molar-refractivity contribution >= 4 is 32.9 Å². The molecule has 0 aliphatic rings. The summed E-state index contributed by atoms with van der Waals surface area (Å²) in [5, 5.41) is 3.04. The summed E-state index contributed by atoms with van der Waals surface area (Å²) in [6, 6.07) is 5.62. The molecular weight excluding hydrogens is 270 g/mol. The van der Waals surface area contributed by atoms with E-state index < -0.39 is 10.0 Å². The van der Waals surface area contributed by atoms with Gasteiger partial charge in [0.15, 0.2) is 0 Å². The van der Waals surface area contributed by atoms with E-state index in [0.29, 0.717) is 6.54 Å². The SMILES string of the molecule is CNS(=O)(=O)CCNc1cc(C)ccc1C(N)=S. The monoisotopic (exact) mass is 287 g/mol. The molecule has 5 nitrogen and oxygen atoms in total. The first-order valence-electron chi connectivity index (χ1n) is 5.41. The molecule has 100 valence electrons. The molecule has 0 radical (unpaired) electrons. The summed E-state index contributed by atoms with van der Waals surface area (Å²) in [5.41, 5.74) is 8.14. The molecule has 4 N–H and O–H groups in total. The van der Waals surface area contributed by atoms with Crippen LogP contribution in [0.2, 0.25) is 0 Å². The van der Waals surface area contributed by atoms with Crippen molar-refractivity contribution in [2.45, 2.75) is 6.92 Å². The van der Waals surface area contributed by atoms with Crippen LogP contribution in [0.4, 0.5) is 5.69 Å². The van der Waals surface area contributed by atoms with Gasteiger partial charge < -0.3 is 11.1 Å². The molecule has 18 heavy (non-hydrogen) atoms. The number of nitrogens with two attached hydrogens (primary N) is 1. The van der Waals surface area contributed by atoms with Crippen molar-refractivity contribution in [1.82, 2.24) is 4.72 Å². The predicted octanol–water partition coefficient (Wildman–Crippen LogP) is 0.590. The van der Waals surface area contributed by atoms with Crippen LogP contribution in [-0.4, -0.2) is 32.8 Å². The Labute approximate surface area is 113 Å². The van der Waals surface area contributed by atoms with Gasteiger partial charge in [-0.2, -0.15) is 0 Å². The van der Waals surface area contributed by atoms with Gasteiger partial charge in [-0.05, 0) is 31.7 Å². The zero-order valence-electron chi connectivity index (χ0n) is 10.4. The van der Waals surface area contributed by atoms with Crippen LogP contribution in [-0.2, 0) is 10.0 Å². The zero-order chi connectivity index (χ0) is 13.8. The number of aryl methyl sites for hydroxylation is 1. The van der Waals surface area contributed by atoms with Gasteiger partial charge in [0.2, 0.25) is 10.0 Å². The van der Waals surface area contributed by atoms with E-state index in [-0.39, 0.29) is 10.7 Å². The standard InChI is InChI=1S/C11H17N3O2S2/c1-8-3-4-9(11(12)17)10(7-8)14-5-6-18(15,16)13-2/h3-4,7,13-14H,5-6H2,1-2H3,(H2,12,17). The fourth-order valence-electron chi connectivity index (χ4n) is 1.44. The van der Waals surface area contributed by atoms with E-state index in [1.165, 1.54) is 7.05 Å². The third kappa shape index (κ3) is 4.25. The van der Waals surface area contributed by atoms with Gasteiger partial charge in [0, 0.05) is 17.8 Å². The lowest BCUT2D eigenvalue weighted by molar-refractivity contribution is 0.588. The summed E-state index contributed by atoms with van der Waals surface area (Å²) < 4.78 is 24.8. The quantitative estimate of drug-likeness (QED) is 0.667. The number of benzene rings is 1. The van der Waals surface area contributed by atoms with E-state index in [1.807, 2.05) is 25.1 Å². The molecule has 0 aliphatic heterocycles. The van der Waals surface area contributed by atoms with Gasteiger partial charge in [-0.15, -0.1) is 0 Å². The van der Waals surface area contributed by atoms with E-state index in [0.717, 1.165) is 16.8 Å². The summed E-state index contributed by atoms with van der Waals surface area (Å²) in [5.74, 6) is -0.00574. The molecule has 0 aromatic heterocycles. The minimum Gasteiger partial charge on any atom is -0.389 e. The number of hydrogen-bond acceptors (Lipinski definition) is 4. The molecule has 0 bridgehead atoms. The lowest BCUT2D eigenvalue weighted by atomic mass is 10.1. The van der Waals surface area contributed by atoms with E-state index in [4.69, 9.17) is 18.0 Å². The van der Waals surface area contributed by atoms with Gasteiger partial charge in [0.25, 0.3) is 0 Å². The molecule has 0 atom stereocenters. The molecule has 1 aromatic rings. The third-order valence-corrected chi connectivity index (χ3v) is 4.02. The van der Waals surface area contributed by atoms with Crippen LogP contribution < -0.4 is 15.8 Å². The summed E-state index contributed by atoms with van der Waals surface area (Å²) in [6.45, 7) is 2.24. The molecule has 1 aromatic carbocycles. The zero-order valence-corrected chi connectivity index (χ0v) is 12.0. The van der Waals surface area contributed by atoms with Crippen molar-refractivity contribution < 1.29 is 8.42 Å². The molecule has 1 rings (SSSR count). The van der Waals surface area contributed by atoms with Gasteiger partial charge in [-0.1, -0.05) is 18.3 Å². The van der Waals surface area contributed by atoms with E-state index in [9.17, 15) is 8.42 Å². The Kier molecular flexibility index (Phi) is 5.06. The highest BCUT2D eigenvalue weighted by Crippen LogP contribution is 2.17. The van der Waals surface area contributed by atoms with E-state index >= 15 is 0 Å². The van der Waals surface area contributed by atoms with Crippen molar-refractivity contribution in [1.29, 1.82) is 0 Å². The second-order valence-electron chi connectivity index (χ2n) is 3.86. The van der Waals surface area contributed by atoms with Gasteiger partial charge in [-0.3, -0.25) is 0 Å². The predicted molar refractivity (Wildman–Crippen MR) is 78.4 cm³/mol. The summed E-state index contributed by atoms with van der Waals surface area (Å²) in [7, 11) is -1.82. The molecule has 0 unspecified atom stereocenters. The number of nitrogens with one attached hydrogen (secondary N) is 2. The van der Waals surface area contributed by atoms with Crippen LogP contribution in [0.15, 0.2) is 18.2 Å². The van der Waals surface area contributed by atoms with Gasteiger partial charge in [0.1, 0.15) is 4.99 Å². The average Bonchev–Trinajstić information content (AvgIpc) is 2.28. The second-order valence-corrected chi connectivity index (χ2v) is 6.35. The number of sulfonamides is 1. The smallest absolute Gasteiger partial charge is 0.213 e. The van der Waals surface area contributed by atoms with Crippen LogP contribution in [0.1, 0.15) is 11.1 Å². The van der Waals surface area contributed by atoms with Crippen LogP contribution in [0.3, 0.4) is 0 Å². The molecule has 0 spiro atoms. The van der Waals surface area contributed by atoms with E-state index in [1.54, 1.807) is 0 Å². The largest absolute Gasteiger partial charge is 0.389 e. The minimum absolute atomic E-state index is 0.00574. The van der Waals surface area contributed by atoms with Crippen molar-refractivity contribution in [2.24, 2.45) is 5.73 Å². The Bertz CT molecular complexity index is 541. The fraction of sp³-hybridized carbons (Fsp3) is 0.364. The first-order chi connectivity index (χ1) is 8.35. The minimum atomic E-state index is -3.21. The lowest BCUT2D eigenvalue weighted by Gasteiger charge is -2.12. The van der Waals surface area contributed by atoms with Crippen molar-refractivity contribution in [3.63, 3.8) is 0 Å². The molecule has 0 aliphatic carbocycles. The average molecular weight is 287 g/mol. The molecule has 0 saturated heterocycles. The molecule has 0 heterocycles. The van der Waals surface area contributed by atoms with Crippen LogP contribution in [0.5, 0.6) is 0 Å². The molecule has 0 saturated carbocycles. The molecule has 0 fully saturated rings. The highest BCUT2D eigenvalue weighted by atomic mass is 32.2. The van der Waals surface area contributed by atoms with Gasteiger partial charge in [-0.25, -0.2) is 13.1 Å². The Morgan fingerprint density at radius 2 is 2.11 bits per heavy atom. The normalized spacial score (nSPS) is 11.2. The molecule has 0 amide bonds. The molecular formula is C11H17N3O2S2. The third-order valence-electron chi connectivity index (χ3n) is 2.44. The number of anilines is 1. The van der Waals surface area contributed by atoms with Gasteiger partial charge >= 0.3 is 0 Å². The Hall–Kier alpha value is -1.18. The van der Waals surface area contributed by atoms with Crippen molar-refractivity contribution in [3.05, 3.63) is 29.3 Å². The van der Waals surface area contributed by atoms with E-state index in [2.05, 4.69) is 10.0 Å². The number of thiocarbonyl (C=S) groups is 1. The summed E-state index contributed by atoms with van der Waals surface area (Å²) >= 11 is 4.95. The topological polar surface area (TPSA) is 84.2 Å². The van der Waals surface area contributed by atoms with Crippen LogP contribution >= 0.6 is 12.2 Å². The summed E-state index contributed by atoms with van der Waals surface area (Å²) in [6.07, 6.45) is 0. The first kappa shape index (κ1) is 14.9. The Morgan fingerprint density at radius 1 is 1.44 bits per heavy atom. The summed E-state index contributed by atoms with van der Waals surface area (Å²) in [4.78, 5) is 0.286. The second kappa shape index (κ2) is 6.12. The molecule has 7 heteroatoms. The highest BCUT2D eigenvalue weighted by molar-refractivity contribution is 7.89. The maximum absolute atomic E-state index is 11.3. The maximum Gasteiger partial charge on any atom is 0.213 e. The maximum atomic E-state index is 11.3. The van der Waals surface area contributed by atoms with Crippen molar-refractivity contribution in [2.75, 3.05) is 24.7 Å². The van der Waals surface area contributed by atoms with Crippen LogP contribution in [0, 0.1) is 6.92 Å². The lowest BCUT2D eigenvalue weighted by Crippen LogP contribution is -2.26. The Morgan fingerprint density at radius 3 is 2.67 bits per heavy atom. The number of rotatable bonds is 6. The van der Waals surface area contributed by atoms with Gasteiger partial charge in [0.05, 0.1) is 5.75 Å². The first-order valence-corrected chi connectivity index (χ1v) is 7.47. The Balaban J connectivity index is 2.78. The van der Waals surface area contributed by atoms with Crippen LogP contribution in [0.25, 0.3) is 0 Å². The fourth-order valence-corrected chi connectivity index (χ4v) is 2.19.